The highest BCUT2D eigenvalue weighted by Gasteiger charge is 2.07. The molecule has 0 bridgehead atoms. The second kappa shape index (κ2) is 13.3. The van der Waals surface area contributed by atoms with E-state index in [9.17, 15) is 9.59 Å². The zero-order valence-electron chi connectivity index (χ0n) is 14.5. The van der Waals surface area contributed by atoms with Gasteiger partial charge in [-0.25, -0.2) is 9.59 Å². The number of rotatable bonds is 12. The standard InChI is InChI=1S/C19H25ClO5/c1-23-16-10-6-7-11-17(16)25-19(22)13-12-18(21)24-15-9-5-3-2-4-8-14-20/h6-7,10-13H,2-5,8-9,14-15H2,1H3/b13-12+. The molecule has 5 nitrogen and oxygen atoms in total. The molecule has 0 saturated carbocycles. The van der Waals surface area contributed by atoms with Gasteiger partial charge in [-0.15, -0.1) is 11.6 Å². The van der Waals surface area contributed by atoms with Crippen LogP contribution in [-0.4, -0.2) is 31.5 Å². The minimum absolute atomic E-state index is 0.294. The summed E-state index contributed by atoms with van der Waals surface area (Å²) in [4.78, 5) is 23.2. The number of unbranched alkanes of at least 4 members (excludes halogenated alkanes) is 5. The van der Waals surface area contributed by atoms with E-state index in [1.165, 1.54) is 7.11 Å². The molecular formula is C19H25ClO5. The van der Waals surface area contributed by atoms with E-state index in [-0.39, 0.29) is 0 Å². The maximum absolute atomic E-state index is 11.7. The van der Waals surface area contributed by atoms with Crippen LogP contribution in [0.5, 0.6) is 11.5 Å². The maximum Gasteiger partial charge on any atom is 0.336 e. The van der Waals surface area contributed by atoms with Gasteiger partial charge in [0.05, 0.1) is 13.7 Å². The first-order chi connectivity index (χ1) is 12.2. The van der Waals surface area contributed by atoms with Gasteiger partial charge in [0.15, 0.2) is 11.5 Å². The van der Waals surface area contributed by atoms with Crippen molar-refractivity contribution in [1.29, 1.82) is 0 Å². The Hall–Kier alpha value is -2.01. The molecule has 138 valence electrons. The smallest absolute Gasteiger partial charge is 0.336 e. The van der Waals surface area contributed by atoms with Crippen LogP contribution >= 0.6 is 11.6 Å². The molecular weight excluding hydrogens is 344 g/mol. The summed E-state index contributed by atoms with van der Waals surface area (Å²) in [7, 11) is 1.48. The Morgan fingerprint density at radius 2 is 1.52 bits per heavy atom. The molecule has 0 heterocycles. The highest BCUT2D eigenvalue weighted by Crippen LogP contribution is 2.25. The van der Waals surface area contributed by atoms with Gasteiger partial charge in [0.25, 0.3) is 0 Å². The number of hydrogen-bond acceptors (Lipinski definition) is 5. The number of carbonyl (C=O) groups excluding carboxylic acids is 2. The molecule has 0 aliphatic rings. The van der Waals surface area contributed by atoms with Crippen molar-refractivity contribution in [2.75, 3.05) is 19.6 Å². The van der Waals surface area contributed by atoms with Crippen molar-refractivity contribution in [3.8, 4) is 11.5 Å². The molecule has 1 aromatic carbocycles. The average Bonchev–Trinajstić information content (AvgIpc) is 2.62. The van der Waals surface area contributed by atoms with Crippen LogP contribution in [0.2, 0.25) is 0 Å². The summed E-state index contributed by atoms with van der Waals surface area (Å²) < 4.78 is 15.2. The van der Waals surface area contributed by atoms with Gasteiger partial charge in [-0.2, -0.15) is 0 Å². The van der Waals surface area contributed by atoms with Crippen LogP contribution in [0, 0.1) is 0 Å². The summed E-state index contributed by atoms with van der Waals surface area (Å²) in [5, 5.41) is 0. The predicted octanol–water partition coefficient (Wildman–Crippen LogP) is 4.28. The fourth-order valence-corrected chi connectivity index (χ4v) is 2.30. The van der Waals surface area contributed by atoms with Gasteiger partial charge in [-0.05, 0) is 25.0 Å². The lowest BCUT2D eigenvalue weighted by atomic mass is 10.1. The lowest BCUT2D eigenvalue weighted by molar-refractivity contribution is -0.138. The zero-order chi connectivity index (χ0) is 18.3. The minimum atomic E-state index is -0.666. The molecule has 1 aromatic rings. The van der Waals surface area contributed by atoms with E-state index >= 15 is 0 Å². The number of esters is 2. The van der Waals surface area contributed by atoms with E-state index in [1.54, 1.807) is 24.3 Å². The largest absolute Gasteiger partial charge is 0.493 e. The monoisotopic (exact) mass is 368 g/mol. The second-order valence-electron chi connectivity index (χ2n) is 5.38. The first-order valence-electron chi connectivity index (χ1n) is 8.43. The summed E-state index contributed by atoms with van der Waals surface area (Å²) in [5.41, 5.74) is 0. The predicted molar refractivity (Wildman–Crippen MR) is 97.2 cm³/mol. The molecule has 0 atom stereocenters. The van der Waals surface area contributed by atoms with Crippen molar-refractivity contribution >= 4 is 23.5 Å². The third-order valence-corrected chi connectivity index (χ3v) is 3.67. The van der Waals surface area contributed by atoms with Gasteiger partial charge in [-0.1, -0.05) is 37.8 Å². The molecule has 0 fully saturated rings. The van der Waals surface area contributed by atoms with Crippen LogP contribution in [0.25, 0.3) is 0 Å². The van der Waals surface area contributed by atoms with Gasteiger partial charge in [-0.3, -0.25) is 0 Å². The summed E-state index contributed by atoms with van der Waals surface area (Å²) in [6.45, 7) is 0.347. The number of ether oxygens (including phenoxy) is 3. The molecule has 0 saturated heterocycles. The van der Waals surface area contributed by atoms with Crippen LogP contribution < -0.4 is 9.47 Å². The minimum Gasteiger partial charge on any atom is -0.493 e. The molecule has 1 rings (SSSR count). The van der Waals surface area contributed by atoms with E-state index < -0.39 is 11.9 Å². The fraction of sp³-hybridized carbons (Fsp3) is 0.474. The third-order valence-electron chi connectivity index (χ3n) is 3.41. The van der Waals surface area contributed by atoms with Crippen molar-refractivity contribution < 1.29 is 23.8 Å². The Morgan fingerprint density at radius 1 is 0.920 bits per heavy atom. The van der Waals surface area contributed by atoms with E-state index in [4.69, 9.17) is 25.8 Å². The quantitative estimate of drug-likeness (QED) is 0.181. The first kappa shape index (κ1) is 21.0. The number of carbonyl (C=O) groups is 2. The topological polar surface area (TPSA) is 61.8 Å². The van der Waals surface area contributed by atoms with Crippen LogP contribution in [0.1, 0.15) is 38.5 Å². The van der Waals surface area contributed by atoms with E-state index in [2.05, 4.69) is 0 Å². The van der Waals surface area contributed by atoms with E-state index in [0.29, 0.717) is 24.0 Å². The van der Waals surface area contributed by atoms with Gasteiger partial charge in [0.2, 0.25) is 0 Å². The Balaban J connectivity index is 2.19. The van der Waals surface area contributed by atoms with Gasteiger partial charge in [0, 0.05) is 18.0 Å². The Labute approximate surface area is 153 Å². The lowest BCUT2D eigenvalue weighted by Crippen LogP contribution is -2.08. The number of benzene rings is 1. The number of methoxy groups -OCH3 is 1. The molecule has 0 spiro atoms. The van der Waals surface area contributed by atoms with Crippen molar-refractivity contribution in [3.05, 3.63) is 36.4 Å². The van der Waals surface area contributed by atoms with Crippen LogP contribution in [0.15, 0.2) is 36.4 Å². The summed E-state index contributed by atoms with van der Waals surface area (Å²) in [6, 6.07) is 6.77. The molecule has 0 N–H and O–H groups in total. The summed E-state index contributed by atoms with van der Waals surface area (Å²) in [5.74, 6) is 0.226. The van der Waals surface area contributed by atoms with Crippen LogP contribution in [-0.2, 0) is 14.3 Å². The Bertz CT molecular complexity index is 557. The Morgan fingerprint density at radius 3 is 2.20 bits per heavy atom. The number of hydrogen-bond donors (Lipinski definition) is 0. The zero-order valence-corrected chi connectivity index (χ0v) is 15.3. The number of alkyl halides is 1. The molecule has 0 radical (unpaired) electrons. The van der Waals surface area contributed by atoms with Crippen molar-refractivity contribution in [2.24, 2.45) is 0 Å². The summed E-state index contributed by atoms with van der Waals surface area (Å²) >= 11 is 5.61. The maximum atomic E-state index is 11.7. The van der Waals surface area contributed by atoms with Crippen LogP contribution in [0.4, 0.5) is 0 Å². The van der Waals surface area contributed by atoms with Crippen molar-refractivity contribution in [2.45, 2.75) is 38.5 Å². The van der Waals surface area contributed by atoms with E-state index in [0.717, 1.165) is 50.7 Å². The molecule has 0 aromatic heterocycles. The van der Waals surface area contributed by atoms with Gasteiger partial charge < -0.3 is 14.2 Å². The third kappa shape index (κ3) is 9.77. The highest BCUT2D eigenvalue weighted by molar-refractivity contribution is 6.17. The summed E-state index contributed by atoms with van der Waals surface area (Å²) in [6.07, 6.45) is 8.37. The molecule has 0 unspecified atom stereocenters. The first-order valence-corrected chi connectivity index (χ1v) is 8.96. The Kier molecular flexibility index (Phi) is 11.2. The molecule has 0 aliphatic carbocycles. The number of para-hydroxylation sites is 2. The highest BCUT2D eigenvalue weighted by atomic mass is 35.5. The second-order valence-corrected chi connectivity index (χ2v) is 5.76. The van der Waals surface area contributed by atoms with Gasteiger partial charge >= 0.3 is 11.9 Å². The number of halogens is 1. The average molecular weight is 369 g/mol. The molecule has 25 heavy (non-hydrogen) atoms. The molecule has 0 amide bonds. The van der Waals surface area contributed by atoms with Gasteiger partial charge in [0.1, 0.15) is 0 Å². The lowest BCUT2D eigenvalue weighted by Gasteiger charge is -2.06. The van der Waals surface area contributed by atoms with Crippen molar-refractivity contribution in [1.82, 2.24) is 0 Å². The normalized spacial score (nSPS) is 10.6. The van der Waals surface area contributed by atoms with Crippen LogP contribution in [0.3, 0.4) is 0 Å². The molecule has 6 heteroatoms. The fourth-order valence-electron chi connectivity index (χ4n) is 2.11. The van der Waals surface area contributed by atoms with E-state index in [1.807, 2.05) is 0 Å². The van der Waals surface area contributed by atoms with Crippen molar-refractivity contribution in [3.63, 3.8) is 0 Å². The molecule has 0 aliphatic heterocycles. The SMILES string of the molecule is COc1ccccc1OC(=O)/C=C/C(=O)OCCCCCCCCCl.